The van der Waals surface area contributed by atoms with Gasteiger partial charge in [-0.3, -0.25) is 4.98 Å². The Hall–Kier alpha value is -1.13. The summed E-state index contributed by atoms with van der Waals surface area (Å²) in [7, 11) is 5.18. The zero-order valence-electron chi connectivity index (χ0n) is 8.78. The number of hydrogen-bond donors (Lipinski definition) is 1. The highest BCUT2D eigenvalue weighted by Crippen LogP contribution is 2.21. The van der Waals surface area contributed by atoms with E-state index in [0.717, 1.165) is 11.4 Å². The van der Waals surface area contributed by atoms with Crippen molar-refractivity contribution in [2.24, 2.45) is 0 Å². The van der Waals surface area contributed by atoms with Gasteiger partial charge in [-0.15, -0.1) is 0 Å². The van der Waals surface area contributed by atoms with Crippen LogP contribution in [-0.4, -0.2) is 32.9 Å². The second kappa shape index (κ2) is 5.57. The number of aromatic nitrogens is 1. The Balaban J connectivity index is 2.90. The summed E-state index contributed by atoms with van der Waals surface area (Å²) in [5.74, 6) is 0.781. The lowest BCUT2D eigenvalue weighted by molar-refractivity contribution is 0.167. The fourth-order valence-electron chi connectivity index (χ4n) is 1.30. The van der Waals surface area contributed by atoms with Crippen LogP contribution in [0.1, 0.15) is 11.7 Å². The highest BCUT2D eigenvalue weighted by atomic mass is 16.5. The van der Waals surface area contributed by atoms with E-state index < -0.39 is 0 Å². The summed E-state index contributed by atoms with van der Waals surface area (Å²) in [6.07, 6.45) is 1.75. The van der Waals surface area contributed by atoms with Crippen molar-refractivity contribution < 1.29 is 9.47 Å². The molecule has 1 unspecified atom stereocenters. The van der Waals surface area contributed by atoms with Gasteiger partial charge in [-0.1, -0.05) is 0 Å². The molecule has 0 spiro atoms. The van der Waals surface area contributed by atoms with E-state index in [1.165, 1.54) is 0 Å². The molecule has 1 aromatic rings. The van der Waals surface area contributed by atoms with Crippen LogP contribution >= 0.6 is 0 Å². The SMILES string of the molecule is CNC(COC)c1ncccc1OC. The van der Waals surface area contributed by atoms with Crippen molar-refractivity contribution >= 4 is 0 Å². The van der Waals surface area contributed by atoms with Crippen LogP contribution in [0.25, 0.3) is 0 Å². The van der Waals surface area contributed by atoms with Crippen LogP contribution in [0.4, 0.5) is 0 Å². The topological polar surface area (TPSA) is 43.4 Å². The molecular formula is C10H16N2O2. The number of rotatable bonds is 5. The molecule has 0 aliphatic rings. The van der Waals surface area contributed by atoms with Gasteiger partial charge in [-0.2, -0.15) is 0 Å². The van der Waals surface area contributed by atoms with E-state index in [9.17, 15) is 0 Å². The van der Waals surface area contributed by atoms with E-state index in [1.54, 1.807) is 20.4 Å². The molecule has 0 saturated heterocycles. The minimum Gasteiger partial charge on any atom is -0.495 e. The highest BCUT2D eigenvalue weighted by Gasteiger charge is 2.14. The lowest BCUT2D eigenvalue weighted by Crippen LogP contribution is -2.22. The second-order valence-electron chi connectivity index (χ2n) is 2.89. The molecule has 0 aliphatic heterocycles. The van der Waals surface area contributed by atoms with Gasteiger partial charge in [-0.05, 0) is 19.2 Å². The summed E-state index contributed by atoms with van der Waals surface area (Å²) in [6, 6.07) is 3.81. The number of nitrogens with zero attached hydrogens (tertiary/aromatic N) is 1. The Morgan fingerprint density at radius 1 is 1.50 bits per heavy atom. The number of ether oxygens (including phenoxy) is 2. The summed E-state index contributed by atoms with van der Waals surface area (Å²) >= 11 is 0. The first-order valence-electron chi connectivity index (χ1n) is 4.48. The zero-order valence-corrected chi connectivity index (χ0v) is 8.78. The third-order valence-electron chi connectivity index (χ3n) is 2.03. The summed E-state index contributed by atoms with van der Waals surface area (Å²) in [5, 5.41) is 3.13. The normalized spacial score (nSPS) is 12.5. The van der Waals surface area contributed by atoms with E-state index in [-0.39, 0.29) is 6.04 Å². The van der Waals surface area contributed by atoms with Crippen LogP contribution < -0.4 is 10.1 Å². The smallest absolute Gasteiger partial charge is 0.142 e. The van der Waals surface area contributed by atoms with Crippen LogP contribution in [0.15, 0.2) is 18.3 Å². The largest absolute Gasteiger partial charge is 0.495 e. The molecule has 0 amide bonds. The number of pyridine rings is 1. The summed E-state index contributed by atoms with van der Waals surface area (Å²) in [4.78, 5) is 4.27. The van der Waals surface area contributed by atoms with Gasteiger partial charge in [-0.25, -0.2) is 0 Å². The Bertz CT molecular complexity index is 279. The van der Waals surface area contributed by atoms with Gasteiger partial charge in [0, 0.05) is 13.3 Å². The van der Waals surface area contributed by atoms with Crippen molar-refractivity contribution in [2.45, 2.75) is 6.04 Å². The third kappa shape index (κ3) is 2.43. The molecule has 0 bridgehead atoms. The predicted molar refractivity (Wildman–Crippen MR) is 54.5 cm³/mol. The fourth-order valence-corrected chi connectivity index (χ4v) is 1.30. The molecule has 14 heavy (non-hydrogen) atoms. The van der Waals surface area contributed by atoms with Gasteiger partial charge in [0.05, 0.1) is 19.8 Å². The van der Waals surface area contributed by atoms with E-state index in [2.05, 4.69) is 10.3 Å². The van der Waals surface area contributed by atoms with Gasteiger partial charge in [0.15, 0.2) is 0 Å². The Morgan fingerprint density at radius 3 is 2.86 bits per heavy atom. The Labute approximate surface area is 84.3 Å². The van der Waals surface area contributed by atoms with Gasteiger partial charge < -0.3 is 14.8 Å². The molecular weight excluding hydrogens is 180 g/mol. The van der Waals surface area contributed by atoms with Crippen molar-refractivity contribution in [1.29, 1.82) is 0 Å². The standard InChI is InChI=1S/C10H16N2O2/c1-11-8(7-13-2)10-9(14-3)5-4-6-12-10/h4-6,8,11H,7H2,1-3H3. The maximum absolute atomic E-state index is 5.22. The maximum Gasteiger partial charge on any atom is 0.142 e. The van der Waals surface area contributed by atoms with Crippen LogP contribution in [0, 0.1) is 0 Å². The summed E-state index contributed by atoms with van der Waals surface area (Å²) in [5.41, 5.74) is 0.874. The summed E-state index contributed by atoms with van der Waals surface area (Å²) < 4.78 is 10.3. The van der Waals surface area contributed by atoms with Crippen molar-refractivity contribution in [2.75, 3.05) is 27.9 Å². The minimum atomic E-state index is 0.0659. The van der Waals surface area contributed by atoms with Gasteiger partial charge in [0.25, 0.3) is 0 Å². The molecule has 0 saturated carbocycles. The lowest BCUT2D eigenvalue weighted by Gasteiger charge is -2.16. The van der Waals surface area contributed by atoms with Gasteiger partial charge >= 0.3 is 0 Å². The number of hydrogen-bond acceptors (Lipinski definition) is 4. The Kier molecular flexibility index (Phi) is 4.35. The number of likely N-dealkylation sites (N-methyl/N-ethyl adjacent to an activating group) is 1. The molecule has 4 nitrogen and oxygen atoms in total. The molecule has 1 atom stereocenters. The van der Waals surface area contributed by atoms with E-state index >= 15 is 0 Å². The average Bonchev–Trinajstić information content (AvgIpc) is 2.26. The molecule has 0 radical (unpaired) electrons. The molecule has 1 aromatic heterocycles. The van der Waals surface area contributed by atoms with E-state index in [0.29, 0.717) is 6.61 Å². The minimum absolute atomic E-state index is 0.0659. The monoisotopic (exact) mass is 196 g/mol. The second-order valence-corrected chi connectivity index (χ2v) is 2.89. The third-order valence-corrected chi connectivity index (χ3v) is 2.03. The molecule has 1 N–H and O–H groups in total. The van der Waals surface area contributed by atoms with Crippen molar-refractivity contribution in [3.63, 3.8) is 0 Å². The van der Waals surface area contributed by atoms with Crippen LogP contribution in [0.2, 0.25) is 0 Å². The Morgan fingerprint density at radius 2 is 2.29 bits per heavy atom. The van der Waals surface area contributed by atoms with E-state index in [4.69, 9.17) is 9.47 Å². The zero-order chi connectivity index (χ0) is 10.4. The molecule has 0 fully saturated rings. The highest BCUT2D eigenvalue weighted by molar-refractivity contribution is 5.29. The number of methoxy groups -OCH3 is 2. The molecule has 0 aromatic carbocycles. The van der Waals surface area contributed by atoms with Crippen LogP contribution in [0.5, 0.6) is 5.75 Å². The van der Waals surface area contributed by atoms with Crippen LogP contribution in [0.3, 0.4) is 0 Å². The maximum atomic E-state index is 5.22. The lowest BCUT2D eigenvalue weighted by atomic mass is 10.2. The quantitative estimate of drug-likeness (QED) is 0.763. The first kappa shape index (κ1) is 10.9. The fraction of sp³-hybridized carbons (Fsp3) is 0.500. The predicted octanol–water partition coefficient (Wildman–Crippen LogP) is 0.997. The molecule has 1 heterocycles. The number of nitrogens with one attached hydrogen (secondary N) is 1. The van der Waals surface area contributed by atoms with Crippen molar-refractivity contribution in [3.05, 3.63) is 24.0 Å². The molecule has 0 aliphatic carbocycles. The summed E-state index contributed by atoms with van der Waals surface area (Å²) in [6.45, 7) is 0.573. The first-order chi connectivity index (χ1) is 6.83. The van der Waals surface area contributed by atoms with Crippen LogP contribution in [-0.2, 0) is 4.74 Å². The molecule has 4 heteroatoms. The first-order valence-corrected chi connectivity index (χ1v) is 4.48. The van der Waals surface area contributed by atoms with Crippen molar-refractivity contribution in [1.82, 2.24) is 10.3 Å². The van der Waals surface area contributed by atoms with Gasteiger partial charge in [0.1, 0.15) is 11.4 Å². The average molecular weight is 196 g/mol. The molecule has 78 valence electrons. The van der Waals surface area contributed by atoms with Gasteiger partial charge in [0.2, 0.25) is 0 Å². The van der Waals surface area contributed by atoms with Crippen molar-refractivity contribution in [3.8, 4) is 5.75 Å². The van der Waals surface area contributed by atoms with E-state index in [1.807, 2.05) is 19.2 Å². The molecule has 1 rings (SSSR count).